The number of hydrogen-bond donors (Lipinski definition) is 2. The van der Waals surface area contributed by atoms with Crippen LogP contribution in [-0.4, -0.2) is 29.7 Å². The van der Waals surface area contributed by atoms with Crippen molar-refractivity contribution in [1.29, 1.82) is 0 Å². The van der Waals surface area contributed by atoms with Crippen LogP contribution in [0.15, 0.2) is 43.0 Å². The Kier molecular flexibility index (Phi) is 7.92. The van der Waals surface area contributed by atoms with E-state index >= 15 is 0 Å². The van der Waals surface area contributed by atoms with Gasteiger partial charge in [-0.2, -0.15) is 0 Å². The highest BCUT2D eigenvalue weighted by molar-refractivity contribution is 5.80. The summed E-state index contributed by atoms with van der Waals surface area (Å²) in [7, 11) is 0. The van der Waals surface area contributed by atoms with Crippen molar-refractivity contribution in [3.63, 3.8) is 0 Å². The lowest BCUT2D eigenvalue weighted by atomic mass is 10.0. The fraction of sp³-hybridized carbons (Fsp3) is 0.412. The summed E-state index contributed by atoms with van der Waals surface area (Å²) in [6.45, 7) is 5.71. The minimum absolute atomic E-state index is 0.00839. The normalized spacial score (nSPS) is 13.1. The number of aliphatic carboxylic acids is 1. The van der Waals surface area contributed by atoms with Crippen LogP contribution in [0.2, 0.25) is 0 Å². The number of carbonyl (C=O) groups is 2. The van der Waals surface area contributed by atoms with Gasteiger partial charge in [0, 0.05) is 6.42 Å². The minimum atomic E-state index is -0.884. The Labute approximate surface area is 131 Å². The average molecular weight is 305 g/mol. The van der Waals surface area contributed by atoms with Crippen molar-refractivity contribution in [2.45, 2.75) is 38.3 Å². The SMILES string of the molecule is C=CCCOC(C)C(=O)NC(CCC(=O)O)c1ccccc1. The summed E-state index contributed by atoms with van der Waals surface area (Å²) >= 11 is 0. The van der Waals surface area contributed by atoms with E-state index < -0.39 is 12.1 Å². The molecule has 120 valence electrons. The second-order valence-electron chi connectivity index (χ2n) is 4.99. The van der Waals surface area contributed by atoms with Crippen LogP contribution in [0, 0.1) is 0 Å². The van der Waals surface area contributed by atoms with Crippen LogP contribution in [0.1, 0.15) is 37.8 Å². The molecule has 2 atom stereocenters. The van der Waals surface area contributed by atoms with Gasteiger partial charge in [-0.15, -0.1) is 6.58 Å². The van der Waals surface area contributed by atoms with Gasteiger partial charge in [0.2, 0.25) is 5.91 Å². The summed E-state index contributed by atoms with van der Waals surface area (Å²) in [6.07, 6.45) is 2.15. The highest BCUT2D eigenvalue weighted by Crippen LogP contribution is 2.18. The van der Waals surface area contributed by atoms with Crippen molar-refractivity contribution in [2.75, 3.05) is 6.61 Å². The predicted octanol–water partition coefficient (Wildman–Crippen LogP) is 2.69. The number of carboxylic acids is 1. The van der Waals surface area contributed by atoms with Gasteiger partial charge in [-0.1, -0.05) is 36.4 Å². The van der Waals surface area contributed by atoms with Gasteiger partial charge in [-0.3, -0.25) is 9.59 Å². The average Bonchev–Trinajstić information content (AvgIpc) is 2.52. The van der Waals surface area contributed by atoms with Crippen molar-refractivity contribution >= 4 is 11.9 Å². The third-order valence-corrected chi connectivity index (χ3v) is 3.22. The van der Waals surface area contributed by atoms with Crippen molar-refractivity contribution in [1.82, 2.24) is 5.32 Å². The van der Waals surface area contributed by atoms with E-state index in [-0.39, 0.29) is 18.4 Å². The number of ether oxygens (including phenoxy) is 1. The molecule has 1 rings (SSSR count). The zero-order valence-corrected chi connectivity index (χ0v) is 12.8. The second kappa shape index (κ2) is 9.73. The third kappa shape index (κ3) is 6.54. The molecule has 22 heavy (non-hydrogen) atoms. The van der Waals surface area contributed by atoms with Crippen LogP contribution in [0.5, 0.6) is 0 Å². The lowest BCUT2D eigenvalue weighted by molar-refractivity contribution is -0.138. The molecule has 5 nitrogen and oxygen atoms in total. The zero-order chi connectivity index (χ0) is 16.4. The molecule has 0 heterocycles. The molecule has 1 aromatic carbocycles. The molecule has 0 radical (unpaired) electrons. The van der Waals surface area contributed by atoms with E-state index in [1.807, 2.05) is 30.3 Å². The van der Waals surface area contributed by atoms with E-state index in [1.54, 1.807) is 13.0 Å². The number of hydrogen-bond acceptors (Lipinski definition) is 3. The van der Waals surface area contributed by atoms with Crippen LogP contribution < -0.4 is 5.32 Å². The van der Waals surface area contributed by atoms with Crippen molar-refractivity contribution in [3.8, 4) is 0 Å². The zero-order valence-electron chi connectivity index (χ0n) is 12.8. The standard InChI is InChI=1S/C17H23NO4/c1-3-4-12-22-13(2)17(21)18-15(10-11-16(19)20)14-8-6-5-7-9-14/h3,5-9,13,15H,1,4,10-12H2,2H3,(H,18,21)(H,19,20). The molecule has 0 saturated carbocycles. The smallest absolute Gasteiger partial charge is 0.303 e. The summed E-state index contributed by atoms with van der Waals surface area (Å²) in [5, 5.41) is 11.7. The molecular formula is C17H23NO4. The number of rotatable bonds is 10. The Morgan fingerprint density at radius 2 is 2.05 bits per heavy atom. The molecule has 0 spiro atoms. The van der Waals surface area contributed by atoms with Crippen LogP contribution in [0.3, 0.4) is 0 Å². The first kappa shape index (κ1) is 17.9. The fourth-order valence-electron chi connectivity index (χ4n) is 1.97. The molecule has 1 aromatic rings. The molecule has 2 unspecified atom stereocenters. The fourth-order valence-corrected chi connectivity index (χ4v) is 1.97. The molecule has 0 bridgehead atoms. The highest BCUT2D eigenvalue weighted by atomic mass is 16.5. The number of benzene rings is 1. The molecule has 2 N–H and O–H groups in total. The first-order valence-corrected chi connectivity index (χ1v) is 7.34. The Balaban J connectivity index is 2.65. The molecule has 0 aliphatic carbocycles. The Bertz CT molecular complexity index is 487. The molecule has 0 saturated heterocycles. The van der Waals surface area contributed by atoms with Gasteiger partial charge in [0.25, 0.3) is 0 Å². The topological polar surface area (TPSA) is 75.6 Å². The number of nitrogens with one attached hydrogen (secondary N) is 1. The summed E-state index contributed by atoms with van der Waals surface area (Å²) in [5.74, 6) is -1.13. The second-order valence-corrected chi connectivity index (χ2v) is 4.99. The molecule has 0 aliphatic rings. The molecule has 0 aromatic heterocycles. The Hall–Kier alpha value is -2.14. The number of carboxylic acid groups (broad SMARTS) is 1. The maximum atomic E-state index is 12.2. The quantitative estimate of drug-likeness (QED) is 0.515. The van der Waals surface area contributed by atoms with Gasteiger partial charge >= 0.3 is 5.97 Å². The first-order chi connectivity index (χ1) is 10.5. The number of carbonyl (C=O) groups excluding carboxylic acids is 1. The Morgan fingerprint density at radius 1 is 1.36 bits per heavy atom. The van der Waals surface area contributed by atoms with Gasteiger partial charge in [0.05, 0.1) is 12.6 Å². The highest BCUT2D eigenvalue weighted by Gasteiger charge is 2.20. The lowest BCUT2D eigenvalue weighted by Crippen LogP contribution is -2.37. The summed E-state index contributed by atoms with van der Waals surface area (Å²) in [5.41, 5.74) is 0.885. The van der Waals surface area contributed by atoms with Gasteiger partial charge in [0.15, 0.2) is 0 Å². The van der Waals surface area contributed by atoms with E-state index in [0.717, 1.165) is 5.56 Å². The molecule has 1 amide bonds. The summed E-state index contributed by atoms with van der Waals surface area (Å²) in [4.78, 5) is 22.9. The molecule has 5 heteroatoms. The van der Waals surface area contributed by atoms with E-state index in [0.29, 0.717) is 19.4 Å². The molecular weight excluding hydrogens is 282 g/mol. The first-order valence-electron chi connectivity index (χ1n) is 7.34. The van der Waals surface area contributed by atoms with Crippen LogP contribution >= 0.6 is 0 Å². The summed E-state index contributed by atoms with van der Waals surface area (Å²) in [6, 6.07) is 9.00. The molecule has 0 aliphatic heterocycles. The third-order valence-electron chi connectivity index (χ3n) is 3.22. The summed E-state index contributed by atoms with van der Waals surface area (Å²) < 4.78 is 5.41. The van der Waals surface area contributed by atoms with Crippen LogP contribution in [0.25, 0.3) is 0 Å². The van der Waals surface area contributed by atoms with Crippen LogP contribution in [-0.2, 0) is 14.3 Å². The number of amides is 1. The van der Waals surface area contributed by atoms with Crippen LogP contribution in [0.4, 0.5) is 0 Å². The van der Waals surface area contributed by atoms with E-state index in [4.69, 9.17) is 9.84 Å². The maximum Gasteiger partial charge on any atom is 0.303 e. The van der Waals surface area contributed by atoms with Crippen molar-refractivity contribution in [2.24, 2.45) is 0 Å². The minimum Gasteiger partial charge on any atom is -0.481 e. The van der Waals surface area contributed by atoms with E-state index in [1.165, 1.54) is 0 Å². The van der Waals surface area contributed by atoms with Crippen molar-refractivity contribution < 1.29 is 19.4 Å². The predicted molar refractivity (Wildman–Crippen MR) is 84.4 cm³/mol. The molecule has 0 fully saturated rings. The van der Waals surface area contributed by atoms with Gasteiger partial charge in [-0.05, 0) is 25.3 Å². The van der Waals surface area contributed by atoms with Gasteiger partial charge in [-0.25, -0.2) is 0 Å². The van der Waals surface area contributed by atoms with E-state index in [9.17, 15) is 9.59 Å². The van der Waals surface area contributed by atoms with Crippen molar-refractivity contribution in [3.05, 3.63) is 48.6 Å². The largest absolute Gasteiger partial charge is 0.481 e. The van der Waals surface area contributed by atoms with E-state index in [2.05, 4.69) is 11.9 Å². The maximum absolute atomic E-state index is 12.2. The monoisotopic (exact) mass is 305 g/mol. The Morgan fingerprint density at radius 3 is 2.64 bits per heavy atom. The van der Waals surface area contributed by atoms with Gasteiger partial charge in [0.1, 0.15) is 6.10 Å². The van der Waals surface area contributed by atoms with Gasteiger partial charge < -0.3 is 15.2 Å². The lowest BCUT2D eigenvalue weighted by Gasteiger charge is -2.21.